The van der Waals surface area contributed by atoms with E-state index < -0.39 is 11.7 Å². The zero-order valence-corrected chi connectivity index (χ0v) is 13.0. The molecule has 0 radical (unpaired) electrons. The summed E-state index contributed by atoms with van der Waals surface area (Å²) in [5.74, 6) is 0. The minimum Gasteiger partial charge on any atom is -0.444 e. The highest BCUT2D eigenvalue weighted by molar-refractivity contribution is 14.1. The highest BCUT2D eigenvalue weighted by Gasteiger charge is 2.16. The van der Waals surface area contributed by atoms with E-state index in [1.54, 1.807) is 0 Å². The molecule has 0 unspecified atom stereocenters. The molecule has 0 heterocycles. The lowest BCUT2D eigenvalue weighted by Gasteiger charge is -2.20. The van der Waals surface area contributed by atoms with Crippen molar-refractivity contribution in [2.45, 2.75) is 26.4 Å². The third-order valence-electron chi connectivity index (χ3n) is 1.57. The molecular formula is C11H13BrINO2. The van der Waals surface area contributed by atoms with Crippen LogP contribution in [0.4, 0.5) is 10.5 Å². The van der Waals surface area contributed by atoms with Gasteiger partial charge in [0.25, 0.3) is 0 Å². The summed E-state index contributed by atoms with van der Waals surface area (Å²) in [5, 5.41) is 2.70. The third-order valence-corrected chi connectivity index (χ3v) is 2.95. The lowest BCUT2D eigenvalue weighted by Crippen LogP contribution is -2.27. The van der Waals surface area contributed by atoms with E-state index in [-0.39, 0.29) is 0 Å². The van der Waals surface area contributed by atoms with Crippen LogP contribution in [0.1, 0.15) is 20.8 Å². The van der Waals surface area contributed by atoms with Crippen molar-refractivity contribution in [2.24, 2.45) is 0 Å². The van der Waals surface area contributed by atoms with Crippen molar-refractivity contribution in [3.8, 4) is 0 Å². The number of halogens is 2. The number of hydrogen-bond acceptors (Lipinski definition) is 2. The molecule has 0 saturated heterocycles. The second-order valence-corrected chi connectivity index (χ2v) is 6.33. The van der Waals surface area contributed by atoms with Gasteiger partial charge in [0.2, 0.25) is 0 Å². The van der Waals surface area contributed by atoms with Crippen LogP contribution in [0, 0.1) is 3.57 Å². The Bertz CT molecular complexity index is 401. The largest absolute Gasteiger partial charge is 0.444 e. The van der Waals surface area contributed by atoms with Gasteiger partial charge in [-0.05, 0) is 61.6 Å². The van der Waals surface area contributed by atoms with Gasteiger partial charge in [0.05, 0.1) is 5.69 Å². The monoisotopic (exact) mass is 397 g/mol. The molecule has 1 aromatic rings. The van der Waals surface area contributed by atoms with Gasteiger partial charge in [-0.15, -0.1) is 0 Å². The Morgan fingerprint density at radius 1 is 1.44 bits per heavy atom. The van der Waals surface area contributed by atoms with E-state index in [1.807, 2.05) is 39.0 Å². The summed E-state index contributed by atoms with van der Waals surface area (Å²) in [7, 11) is 0. The minimum absolute atomic E-state index is 0.437. The first kappa shape index (κ1) is 13.8. The van der Waals surface area contributed by atoms with E-state index in [2.05, 4.69) is 43.8 Å². The third kappa shape index (κ3) is 4.69. The van der Waals surface area contributed by atoms with Gasteiger partial charge in [0, 0.05) is 8.04 Å². The second kappa shape index (κ2) is 5.35. The first-order chi connectivity index (χ1) is 7.28. The molecule has 0 aliphatic rings. The summed E-state index contributed by atoms with van der Waals surface area (Å²) in [6.07, 6.45) is -0.437. The van der Waals surface area contributed by atoms with E-state index in [0.717, 1.165) is 13.7 Å². The Kier molecular flexibility index (Phi) is 4.61. The number of ether oxygens (including phenoxy) is 1. The van der Waals surface area contributed by atoms with Crippen LogP contribution in [-0.4, -0.2) is 11.7 Å². The molecule has 0 fully saturated rings. The molecule has 1 rings (SSSR count). The van der Waals surface area contributed by atoms with Crippen molar-refractivity contribution < 1.29 is 9.53 Å². The smallest absolute Gasteiger partial charge is 0.412 e. The average molecular weight is 398 g/mol. The number of rotatable bonds is 1. The quantitative estimate of drug-likeness (QED) is 0.713. The van der Waals surface area contributed by atoms with Gasteiger partial charge in [0.1, 0.15) is 5.60 Å². The molecule has 0 aliphatic heterocycles. The van der Waals surface area contributed by atoms with Crippen LogP contribution in [-0.2, 0) is 4.74 Å². The number of carbonyl (C=O) groups is 1. The first-order valence-electron chi connectivity index (χ1n) is 4.73. The average Bonchev–Trinajstić information content (AvgIpc) is 2.06. The van der Waals surface area contributed by atoms with Gasteiger partial charge in [-0.25, -0.2) is 4.79 Å². The summed E-state index contributed by atoms with van der Waals surface area (Å²) in [4.78, 5) is 11.5. The molecular weight excluding hydrogens is 385 g/mol. The maximum atomic E-state index is 11.5. The van der Waals surface area contributed by atoms with E-state index in [0.29, 0.717) is 0 Å². The van der Waals surface area contributed by atoms with Gasteiger partial charge in [-0.3, -0.25) is 5.32 Å². The predicted octanol–water partition coefficient (Wildman–Crippen LogP) is 4.40. The Morgan fingerprint density at radius 3 is 2.56 bits per heavy atom. The number of benzene rings is 1. The van der Waals surface area contributed by atoms with Gasteiger partial charge in [-0.1, -0.05) is 15.9 Å². The molecule has 0 atom stereocenters. The van der Waals surface area contributed by atoms with Crippen LogP contribution in [0.2, 0.25) is 0 Å². The molecule has 0 aliphatic carbocycles. The molecule has 0 spiro atoms. The van der Waals surface area contributed by atoms with Crippen LogP contribution in [0.25, 0.3) is 0 Å². The molecule has 0 aromatic heterocycles. The highest BCUT2D eigenvalue weighted by Crippen LogP contribution is 2.23. The summed E-state index contributed by atoms with van der Waals surface area (Å²) in [5.41, 5.74) is 0.267. The van der Waals surface area contributed by atoms with Gasteiger partial charge in [0.15, 0.2) is 0 Å². The normalized spacial score (nSPS) is 11.1. The van der Waals surface area contributed by atoms with Crippen LogP contribution in [0.5, 0.6) is 0 Å². The van der Waals surface area contributed by atoms with Crippen molar-refractivity contribution in [2.75, 3.05) is 5.32 Å². The number of amides is 1. The Morgan fingerprint density at radius 2 is 2.06 bits per heavy atom. The molecule has 88 valence electrons. The summed E-state index contributed by atoms with van der Waals surface area (Å²) >= 11 is 5.52. The number of anilines is 1. The van der Waals surface area contributed by atoms with Crippen molar-refractivity contribution >= 4 is 50.3 Å². The topological polar surface area (TPSA) is 38.3 Å². The van der Waals surface area contributed by atoms with Crippen molar-refractivity contribution in [1.82, 2.24) is 0 Å². The Hall–Kier alpha value is -0.300. The maximum Gasteiger partial charge on any atom is 0.412 e. The molecule has 0 bridgehead atoms. The van der Waals surface area contributed by atoms with Crippen molar-refractivity contribution in [3.05, 3.63) is 26.2 Å². The molecule has 0 saturated carbocycles. The number of carbonyl (C=O) groups excluding carboxylic acids is 1. The van der Waals surface area contributed by atoms with E-state index in [4.69, 9.17) is 4.74 Å². The summed E-state index contributed by atoms with van der Waals surface area (Å²) < 4.78 is 7.10. The summed E-state index contributed by atoms with van der Waals surface area (Å²) in [6, 6.07) is 5.62. The lowest BCUT2D eigenvalue weighted by atomic mass is 10.2. The molecule has 1 aromatic carbocycles. The zero-order valence-electron chi connectivity index (χ0n) is 9.30. The van der Waals surface area contributed by atoms with E-state index >= 15 is 0 Å². The number of hydrogen-bond donors (Lipinski definition) is 1. The maximum absolute atomic E-state index is 11.5. The van der Waals surface area contributed by atoms with Crippen LogP contribution in [0.3, 0.4) is 0 Å². The Labute approximate surface area is 117 Å². The molecule has 1 amide bonds. The minimum atomic E-state index is -0.481. The van der Waals surface area contributed by atoms with Gasteiger partial charge in [-0.2, -0.15) is 0 Å². The second-order valence-electron chi connectivity index (χ2n) is 4.25. The zero-order chi connectivity index (χ0) is 12.3. The van der Waals surface area contributed by atoms with E-state index in [9.17, 15) is 4.79 Å². The van der Waals surface area contributed by atoms with Gasteiger partial charge < -0.3 is 4.74 Å². The summed E-state index contributed by atoms with van der Waals surface area (Å²) in [6.45, 7) is 5.50. The highest BCUT2D eigenvalue weighted by atomic mass is 127. The van der Waals surface area contributed by atoms with E-state index in [1.165, 1.54) is 0 Å². The Balaban J connectivity index is 2.70. The fourth-order valence-corrected chi connectivity index (χ4v) is 2.44. The van der Waals surface area contributed by atoms with Gasteiger partial charge >= 0.3 is 6.09 Å². The SMILES string of the molecule is CC(C)(C)OC(=O)Nc1ccc(Br)cc1I. The van der Waals surface area contributed by atoms with Crippen LogP contribution in [0.15, 0.2) is 22.7 Å². The lowest BCUT2D eigenvalue weighted by molar-refractivity contribution is 0.0636. The van der Waals surface area contributed by atoms with Crippen LogP contribution < -0.4 is 5.32 Å². The molecule has 16 heavy (non-hydrogen) atoms. The first-order valence-corrected chi connectivity index (χ1v) is 6.60. The van der Waals surface area contributed by atoms with Crippen molar-refractivity contribution in [1.29, 1.82) is 0 Å². The standard InChI is InChI=1S/C11H13BrINO2/c1-11(2,3)16-10(15)14-9-5-4-7(12)6-8(9)13/h4-6H,1-3H3,(H,14,15). The molecule has 5 heteroatoms. The molecule has 1 N–H and O–H groups in total. The molecule has 3 nitrogen and oxygen atoms in total. The fourth-order valence-electron chi connectivity index (χ4n) is 1.00. The predicted molar refractivity (Wildman–Crippen MR) is 76.7 cm³/mol. The number of nitrogens with one attached hydrogen (secondary N) is 1. The fraction of sp³-hybridized carbons (Fsp3) is 0.364. The van der Waals surface area contributed by atoms with Crippen molar-refractivity contribution in [3.63, 3.8) is 0 Å². The van der Waals surface area contributed by atoms with Crippen LogP contribution >= 0.6 is 38.5 Å².